The number of hydrogen-bond donors (Lipinski definition) is 1. The van der Waals surface area contributed by atoms with Crippen LogP contribution in [-0.2, 0) is 5.60 Å². The highest BCUT2D eigenvalue weighted by Crippen LogP contribution is 2.36. The van der Waals surface area contributed by atoms with Crippen molar-refractivity contribution >= 4 is 0 Å². The smallest absolute Gasteiger partial charge is 0.484 e. The van der Waals surface area contributed by atoms with Gasteiger partial charge in [0.15, 0.2) is 0 Å². The van der Waals surface area contributed by atoms with E-state index in [0.717, 1.165) is 12.1 Å². The molecule has 8 heteroatoms. The molecule has 0 saturated carbocycles. The number of alkyl halides is 3. The zero-order valence-corrected chi connectivity index (χ0v) is 13.3. The highest BCUT2D eigenvalue weighted by Gasteiger charge is 2.43. The highest BCUT2D eigenvalue weighted by molar-refractivity contribution is 5.34. The van der Waals surface area contributed by atoms with E-state index in [2.05, 4.69) is 14.7 Å². The van der Waals surface area contributed by atoms with Crippen molar-refractivity contribution in [2.45, 2.75) is 38.3 Å². The molecule has 0 fully saturated rings. The molecule has 1 atom stereocenters. The lowest BCUT2D eigenvalue weighted by molar-refractivity contribution is -0.274. The van der Waals surface area contributed by atoms with Crippen LogP contribution in [0.2, 0.25) is 0 Å². The molecule has 0 aliphatic heterocycles. The van der Waals surface area contributed by atoms with Crippen LogP contribution in [0.3, 0.4) is 0 Å². The summed E-state index contributed by atoms with van der Waals surface area (Å²) < 4.78 is 46.5. The zero-order valence-electron chi connectivity index (χ0n) is 13.3. The van der Waals surface area contributed by atoms with E-state index < -0.39 is 23.3 Å². The summed E-state index contributed by atoms with van der Waals surface area (Å²) in [6.07, 6.45) is -0.574. The lowest BCUT2D eigenvalue weighted by Crippen LogP contribution is -2.49. The average molecular weight is 342 g/mol. The molecule has 0 spiro atoms. The number of hydrogen-bond acceptors (Lipinski definition) is 5. The maximum absolute atomic E-state index is 12.3. The minimum atomic E-state index is -4.79. The van der Waals surface area contributed by atoms with Crippen LogP contribution in [0.25, 0.3) is 0 Å². The summed E-state index contributed by atoms with van der Waals surface area (Å²) in [5, 5.41) is 10.8. The summed E-state index contributed by atoms with van der Waals surface area (Å²) in [5.74, 6) is -0.280. The van der Waals surface area contributed by atoms with Crippen LogP contribution in [0.4, 0.5) is 13.2 Å². The summed E-state index contributed by atoms with van der Waals surface area (Å²) >= 11 is 0. The first-order valence-electron chi connectivity index (χ1n) is 7.04. The Labute approximate surface area is 137 Å². The minimum Gasteiger partial charge on any atom is -0.484 e. The third-order valence-electron chi connectivity index (χ3n) is 3.71. The van der Waals surface area contributed by atoms with Crippen LogP contribution in [0.5, 0.6) is 11.5 Å². The lowest BCUT2D eigenvalue weighted by Gasteiger charge is -2.40. The first kappa shape index (κ1) is 18.0. The van der Waals surface area contributed by atoms with Crippen molar-refractivity contribution in [1.29, 1.82) is 0 Å². The Morgan fingerprint density at radius 1 is 0.958 bits per heavy atom. The molecule has 2 rings (SSSR count). The largest absolute Gasteiger partial charge is 0.573 e. The maximum atomic E-state index is 12.3. The van der Waals surface area contributed by atoms with Crippen LogP contribution >= 0.6 is 0 Å². The molecule has 1 aromatic heterocycles. The number of nitrogens with zero attached hydrogens (tertiary/aromatic N) is 2. The summed E-state index contributed by atoms with van der Waals surface area (Å²) in [5.41, 5.74) is -2.26. The van der Waals surface area contributed by atoms with Crippen molar-refractivity contribution in [3.8, 4) is 11.5 Å². The van der Waals surface area contributed by atoms with E-state index in [1.165, 1.54) is 37.8 Å². The molecule has 1 unspecified atom stereocenters. The fourth-order valence-electron chi connectivity index (χ4n) is 2.03. The van der Waals surface area contributed by atoms with Gasteiger partial charge in [0.2, 0.25) is 0 Å². The summed E-state index contributed by atoms with van der Waals surface area (Å²) in [6.45, 7) is 4.73. The molecular formula is C16H17F3N2O3. The van der Waals surface area contributed by atoms with Crippen molar-refractivity contribution in [3.05, 3.63) is 48.5 Å². The quantitative estimate of drug-likeness (QED) is 0.902. The maximum Gasteiger partial charge on any atom is 0.573 e. The summed E-state index contributed by atoms with van der Waals surface area (Å²) in [7, 11) is 0. The molecule has 1 aromatic carbocycles. The van der Waals surface area contributed by atoms with Crippen LogP contribution < -0.4 is 9.47 Å². The number of aromatic nitrogens is 2. The SMILES string of the molecule is CC(C)(Oc1cccc(OC(F)(F)F)c1)C(C)(O)c1cncnc1. The third-order valence-corrected chi connectivity index (χ3v) is 3.71. The molecule has 0 radical (unpaired) electrons. The number of rotatable bonds is 5. The predicted molar refractivity (Wildman–Crippen MR) is 79.4 cm³/mol. The molecule has 0 aliphatic rings. The Kier molecular flexibility index (Phi) is 4.70. The van der Waals surface area contributed by atoms with E-state index in [9.17, 15) is 18.3 Å². The van der Waals surface area contributed by atoms with Gasteiger partial charge in [-0.05, 0) is 32.9 Å². The summed E-state index contributed by atoms with van der Waals surface area (Å²) in [4.78, 5) is 7.71. The second kappa shape index (κ2) is 6.27. The fraction of sp³-hybridized carbons (Fsp3) is 0.375. The second-order valence-electron chi connectivity index (χ2n) is 5.83. The van der Waals surface area contributed by atoms with Gasteiger partial charge < -0.3 is 14.6 Å². The van der Waals surface area contributed by atoms with Crippen LogP contribution in [0, 0.1) is 0 Å². The molecule has 0 amide bonds. The van der Waals surface area contributed by atoms with Crippen LogP contribution in [0.15, 0.2) is 43.0 Å². The summed E-state index contributed by atoms with van der Waals surface area (Å²) in [6, 6.07) is 5.11. The minimum absolute atomic E-state index is 0.124. The van der Waals surface area contributed by atoms with Gasteiger partial charge in [-0.15, -0.1) is 13.2 Å². The van der Waals surface area contributed by atoms with Gasteiger partial charge in [0.05, 0.1) is 0 Å². The van der Waals surface area contributed by atoms with E-state index in [4.69, 9.17) is 4.74 Å². The number of ether oxygens (including phenoxy) is 2. The molecule has 130 valence electrons. The van der Waals surface area contributed by atoms with Gasteiger partial charge >= 0.3 is 6.36 Å². The van der Waals surface area contributed by atoms with E-state index in [0.29, 0.717) is 5.56 Å². The first-order chi connectivity index (χ1) is 11.0. The topological polar surface area (TPSA) is 64.5 Å². The Morgan fingerprint density at radius 3 is 2.04 bits per heavy atom. The number of halogens is 3. The second-order valence-corrected chi connectivity index (χ2v) is 5.83. The van der Waals surface area contributed by atoms with Gasteiger partial charge in [-0.2, -0.15) is 0 Å². The van der Waals surface area contributed by atoms with Crippen molar-refractivity contribution < 1.29 is 27.8 Å². The normalized spacial score (nSPS) is 14.8. The number of benzene rings is 1. The average Bonchev–Trinajstić information content (AvgIpc) is 2.46. The van der Waals surface area contributed by atoms with E-state index >= 15 is 0 Å². The molecule has 0 saturated heterocycles. The molecule has 2 aromatic rings. The molecule has 1 heterocycles. The van der Waals surface area contributed by atoms with Gasteiger partial charge in [0, 0.05) is 24.0 Å². The van der Waals surface area contributed by atoms with Crippen molar-refractivity contribution in [2.75, 3.05) is 0 Å². The van der Waals surface area contributed by atoms with Gasteiger partial charge in [-0.1, -0.05) is 6.07 Å². The van der Waals surface area contributed by atoms with Crippen molar-refractivity contribution in [2.24, 2.45) is 0 Å². The molecular weight excluding hydrogens is 325 g/mol. The number of aliphatic hydroxyl groups is 1. The standard InChI is InChI=1S/C16H17F3N2O3/c1-14(2,15(3,22)11-8-20-10-21-9-11)23-12-5-4-6-13(7-12)24-16(17,18)19/h4-10,22H,1-3H3. The lowest BCUT2D eigenvalue weighted by atomic mass is 9.82. The Bertz CT molecular complexity index is 688. The molecule has 1 N–H and O–H groups in total. The van der Waals surface area contributed by atoms with Crippen LogP contribution in [0.1, 0.15) is 26.3 Å². The monoisotopic (exact) mass is 342 g/mol. The van der Waals surface area contributed by atoms with Crippen molar-refractivity contribution in [3.63, 3.8) is 0 Å². The highest BCUT2D eigenvalue weighted by atomic mass is 19.4. The van der Waals surface area contributed by atoms with Crippen LogP contribution in [-0.4, -0.2) is 27.0 Å². The Morgan fingerprint density at radius 2 is 1.50 bits per heavy atom. The molecule has 24 heavy (non-hydrogen) atoms. The Balaban J connectivity index is 2.24. The van der Waals surface area contributed by atoms with E-state index in [-0.39, 0.29) is 5.75 Å². The van der Waals surface area contributed by atoms with Gasteiger partial charge in [-0.3, -0.25) is 0 Å². The molecule has 0 aliphatic carbocycles. The Hall–Kier alpha value is -2.35. The van der Waals surface area contributed by atoms with E-state index in [1.807, 2.05) is 0 Å². The van der Waals surface area contributed by atoms with E-state index in [1.54, 1.807) is 13.8 Å². The van der Waals surface area contributed by atoms with Crippen molar-refractivity contribution in [1.82, 2.24) is 9.97 Å². The van der Waals surface area contributed by atoms with Gasteiger partial charge in [0.25, 0.3) is 0 Å². The molecule has 5 nitrogen and oxygen atoms in total. The van der Waals surface area contributed by atoms with Gasteiger partial charge in [-0.25, -0.2) is 9.97 Å². The third kappa shape index (κ3) is 4.14. The predicted octanol–water partition coefficient (Wildman–Crippen LogP) is 3.44. The fourth-order valence-corrected chi connectivity index (χ4v) is 2.03. The van der Waals surface area contributed by atoms with Gasteiger partial charge in [0.1, 0.15) is 29.0 Å². The first-order valence-corrected chi connectivity index (χ1v) is 7.04. The molecule has 0 bridgehead atoms. The zero-order chi connectivity index (χ0) is 18.0.